The van der Waals surface area contributed by atoms with Gasteiger partial charge in [0.2, 0.25) is 0 Å². The summed E-state index contributed by atoms with van der Waals surface area (Å²) in [5.41, 5.74) is 0.254. The minimum absolute atomic E-state index is 0.254. The summed E-state index contributed by atoms with van der Waals surface area (Å²) in [6, 6.07) is 0. The molecule has 0 fully saturated rings. The van der Waals surface area contributed by atoms with Crippen LogP contribution in [0.3, 0.4) is 0 Å². The first-order chi connectivity index (χ1) is 6.06. The van der Waals surface area contributed by atoms with Crippen molar-refractivity contribution in [3.05, 3.63) is 0 Å². The molecular formula is C11H25NO. The maximum absolute atomic E-state index is 5.39. The third kappa shape index (κ3) is 11.9. The van der Waals surface area contributed by atoms with Crippen molar-refractivity contribution >= 4 is 0 Å². The molecule has 0 aliphatic rings. The number of rotatable bonds is 7. The van der Waals surface area contributed by atoms with Gasteiger partial charge < -0.3 is 10.1 Å². The molecule has 0 bridgehead atoms. The van der Waals surface area contributed by atoms with Crippen LogP contribution >= 0.6 is 0 Å². The van der Waals surface area contributed by atoms with E-state index >= 15 is 0 Å². The zero-order valence-corrected chi connectivity index (χ0v) is 9.65. The number of ether oxygens (including phenoxy) is 1. The molecule has 0 rings (SSSR count). The van der Waals surface area contributed by atoms with Crippen LogP contribution in [0.15, 0.2) is 0 Å². The predicted octanol–water partition coefficient (Wildman–Crippen LogP) is 2.58. The van der Waals surface area contributed by atoms with Crippen LogP contribution in [-0.2, 0) is 4.74 Å². The lowest BCUT2D eigenvalue weighted by molar-refractivity contribution is 0.130. The van der Waals surface area contributed by atoms with E-state index in [2.05, 4.69) is 33.0 Å². The van der Waals surface area contributed by atoms with Crippen molar-refractivity contribution in [2.45, 2.75) is 52.5 Å². The van der Waals surface area contributed by atoms with E-state index in [1.54, 1.807) is 0 Å². The molecule has 0 unspecified atom stereocenters. The number of unbranched alkanes of at least 4 members (excludes halogenated alkanes) is 1. The number of nitrogens with one attached hydrogen (secondary N) is 1. The molecule has 0 aliphatic carbocycles. The second-order valence-electron chi connectivity index (χ2n) is 4.50. The fourth-order valence-electron chi connectivity index (χ4n) is 1.04. The second-order valence-corrected chi connectivity index (χ2v) is 4.50. The van der Waals surface area contributed by atoms with Crippen LogP contribution in [0.25, 0.3) is 0 Å². The SMILES string of the molecule is CCCOCCCCNC(C)(C)C. The predicted molar refractivity (Wildman–Crippen MR) is 58.1 cm³/mol. The van der Waals surface area contributed by atoms with E-state index in [-0.39, 0.29) is 5.54 Å². The van der Waals surface area contributed by atoms with Gasteiger partial charge in [-0.1, -0.05) is 6.92 Å². The van der Waals surface area contributed by atoms with Crippen molar-refractivity contribution in [1.29, 1.82) is 0 Å². The Morgan fingerprint density at radius 3 is 2.31 bits per heavy atom. The van der Waals surface area contributed by atoms with Gasteiger partial charge in [0, 0.05) is 18.8 Å². The first kappa shape index (κ1) is 12.9. The van der Waals surface area contributed by atoms with Crippen molar-refractivity contribution in [2.24, 2.45) is 0 Å². The normalized spacial score (nSPS) is 12.0. The fourth-order valence-corrected chi connectivity index (χ4v) is 1.04. The number of hydrogen-bond donors (Lipinski definition) is 1. The van der Waals surface area contributed by atoms with Crippen LogP contribution in [0.2, 0.25) is 0 Å². The zero-order chi connectivity index (χ0) is 10.2. The Bertz CT molecular complexity index is 107. The molecule has 0 spiro atoms. The van der Waals surface area contributed by atoms with Crippen LogP contribution in [0.4, 0.5) is 0 Å². The van der Waals surface area contributed by atoms with Gasteiger partial charge in [-0.3, -0.25) is 0 Å². The van der Waals surface area contributed by atoms with Gasteiger partial charge in [0.25, 0.3) is 0 Å². The molecule has 2 nitrogen and oxygen atoms in total. The highest BCUT2D eigenvalue weighted by Gasteiger charge is 2.06. The van der Waals surface area contributed by atoms with Crippen molar-refractivity contribution < 1.29 is 4.74 Å². The van der Waals surface area contributed by atoms with Gasteiger partial charge in [-0.15, -0.1) is 0 Å². The summed E-state index contributed by atoms with van der Waals surface area (Å²) in [4.78, 5) is 0. The van der Waals surface area contributed by atoms with Gasteiger partial charge in [0.1, 0.15) is 0 Å². The van der Waals surface area contributed by atoms with Crippen molar-refractivity contribution in [2.75, 3.05) is 19.8 Å². The first-order valence-electron chi connectivity index (χ1n) is 5.39. The highest BCUT2D eigenvalue weighted by atomic mass is 16.5. The summed E-state index contributed by atoms with van der Waals surface area (Å²) < 4.78 is 5.39. The molecule has 0 amide bonds. The Morgan fingerprint density at radius 2 is 1.77 bits per heavy atom. The van der Waals surface area contributed by atoms with Gasteiger partial charge in [0.05, 0.1) is 0 Å². The summed E-state index contributed by atoms with van der Waals surface area (Å²) in [5.74, 6) is 0. The lowest BCUT2D eigenvalue weighted by Gasteiger charge is -2.20. The molecule has 1 N–H and O–H groups in total. The summed E-state index contributed by atoms with van der Waals surface area (Å²) >= 11 is 0. The van der Waals surface area contributed by atoms with Crippen molar-refractivity contribution in [3.8, 4) is 0 Å². The van der Waals surface area contributed by atoms with Gasteiger partial charge in [-0.2, -0.15) is 0 Å². The van der Waals surface area contributed by atoms with E-state index in [1.165, 1.54) is 12.8 Å². The molecule has 13 heavy (non-hydrogen) atoms. The number of hydrogen-bond acceptors (Lipinski definition) is 2. The lowest BCUT2D eigenvalue weighted by atomic mass is 10.1. The topological polar surface area (TPSA) is 21.3 Å². The summed E-state index contributed by atoms with van der Waals surface area (Å²) in [6.45, 7) is 11.6. The van der Waals surface area contributed by atoms with E-state index in [0.29, 0.717) is 0 Å². The molecule has 0 aliphatic heterocycles. The summed E-state index contributed by atoms with van der Waals surface area (Å²) in [5, 5.41) is 3.46. The minimum Gasteiger partial charge on any atom is -0.381 e. The Hall–Kier alpha value is -0.0800. The average Bonchev–Trinajstić information content (AvgIpc) is 2.01. The quantitative estimate of drug-likeness (QED) is 0.619. The first-order valence-corrected chi connectivity index (χ1v) is 5.39. The van der Waals surface area contributed by atoms with Crippen LogP contribution in [-0.4, -0.2) is 25.3 Å². The lowest BCUT2D eigenvalue weighted by Crippen LogP contribution is -2.36. The van der Waals surface area contributed by atoms with Gasteiger partial charge in [-0.25, -0.2) is 0 Å². The van der Waals surface area contributed by atoms with Crippen molar-refractivity contribution in [1.82, 2.24) is 5.32 Å². The van der Waals surface area contributed by atoms with Crippen LogP contribution in [0.1, 0.15) is 47.0 Å². The Labute approximate surface area is 83.1 Å². The van der Waals surface area contributed by atoms with Gasteiger partial charge in [-0.05, 0) is 46.6 Å². The van der Waals surface area contributed by atoms with Crippen LogP contribution in [0, 0.1) is 0 Å². The molecule has 2 heteroatoms. The molecule has 0 atom stereocenters. The highest BCUT2D eigenvalue weighted by molar-refractivity contribution is 4.69. The third-order valence-corrected chi connectivity index (χ3v) is 1.72. The molecule has 0 heterocycles. The van der Waals surface area contributed by atoms with Crippen LogP contribution in [0.5, 0.6) is 0 Å². The molecule has 0 aromatic rings. The van der Waals surface area contributed by atoms with Gasteiger partial charge >= 0.3 is 0 Å². The maximum atomic E-state index is 5.39. The second kappa shape index (κ2) is 7.34. The van der Waals surface area contributed by atoms with Gasteiger partial charge in [0.15, 0.2) is 0 Å². The Balaban J connectivity index is 3.00. The Kier molecular flexibility index (Phi) is 7.29. The van der Waals surface area contributed by atoms with E-state index in [4.69, 9.17) is 4.74 Å². The largest absolute Gasteiger partial charge is 0.381 e. The molecule has 80 valence electrons. The van der Waals surface area contributed by atoms with Crippen molar-refractivity contribution in [3.63, 3.8) is 0 Å². The molecule has 0 aromatic heterocycles. The van der Waals surface area contributed by atoms with E-state index in [9.17, 15) is 0 Å². The molecule has 0 saturated carbocycles. The maximum Gasteiger partial charge on any atom is 0.0466 e. The minimum atomic E-state index is 0.254. The summed E-state index contributed by atoms with van der Waals surface area (Å²) in [6.07, 6.45) is 3.50. The van der Waals surface area contributed by atoms with E-state index < -0.39 is 0 Å². The zero-order valence-electron chi connectivity index (χ0n) is 9.65. The fraction of sp³-hybridized carbons (Fsp3) is 1.00. The molecule has 0 saturated heterocycles. The standard InChI is InChI=1S/C11H25NO/c1-5-9-13-10-7-6-8-12-11(2,3)4/h12H,5-10H2,1-4H3. The smallest absolute Gasteiger partial charge is 0.0466 e. The summed E-state index contributed by atoms with van der Waals surface area (Å²) in [7, 11) is 0. The van der Waals surface area contributed by atoms with E-state index in [1.807, 2.05) is 0 Å². The van der Waals surface area contributed by atoms with Crippen LogP contribution < -0.4 is 5.32 Å². The Morgan fingerprint density at radius 1 is 1.08 bits per heavy atom. The molecule has 0 radical (unpaired) electrons. The third-order valence-electron chi connectivity index (χ3n) is 1.72. The highest BCUT2D eigenvalue weighted by Crippen LogP contribution is 1.99. The molecule has 0 aromatic carbocycles. The molecular weight excluding hydrogens is 162 g/mol. The van der Waals surface area contributed by atoms with E-state index in [0.717, 1.165) is 26.2 Å². The monoisotopic (exact) mass is 187 g/mol. The average molecular weight is 187 g/mol.